The van der Waals surface area contributed by atoms with Gasteiger partial charge in [-0.1, -0.05) is 12.1 Å². The quantitative estimate of drug-likeness (QED) is 0.741. The van der Waals surface area contributed by atoms with Gasteiger partial charge in [0, 0.05) is 5.39 Å². The maximum Gasteiger partial charge on any atom is 0.169 e. The van der Waals surface area contributed by atoms with Crippen LogP contribution in [0.4, 0.5) is 4.39 Å². The molecular weight excluding hydrogens is 235 g/mol. The summed E-state index contributed by atoms with van der Waals surface area (Å²) in [6.07, 6.45) is 1.60. The highest BCUT2D eigenvalue weighted by molar-refractivity contribution is 5.78. The van der Waals surface area contributed by atoms with E-state index in [1.807, 2.05) is 0 Å². The lowest BCUT2D eigenvalue weighted by Gasteiger charge is -2.09. The molecule has 2 heterocycles. The molecule has 0 saturated carbocycles. The van der Waals surface area contributed by atoms with Gasteiger partial charge < -0.3 is 9.73 Å². The molecule has 0 aliphatic rings. The molecule has 0 bridgehead atoms. The Bertz CT molecular complexity index is 662. The number of aromatic amines is 1. The number of para-hydroxylation sites is 1. The van der Waals surface area contributed by atoms with Crippen LogP contribution in [0.15, 0.2) is 34.9 Å². The maximum atomic E-state index is 13.6. The predicted molar refractivity (Wildman–Crippen MR) is 63.5 cm³/mol. The SMILES string of the molecule is CNC(c1cn[nH]n1)c1cc2cccc(F)c2o1. The molecule has 18 heavy (non-hydrogen) atoms. The number of H-pyrrole nitrogens is 1. The van der Waals surface area contributed by atoms with E-state index in [-0.39, 0.29) is 17.4 Å². The summed E-state index contributed by atoms with van der Waals surface area (Å²) < 4.78 is 19.1. The van der Waals surface area contributed by atoms with Crippen LogP contribution in [-0.2, 0) is 0 Å². The van der Waals surface area contributed by atoms with Gasteiger partial charge in [0.1, 0.15) is 17.5 Å². The number of furan rings is 1. The molecule has 0 amide bonds. The van der Waals surface area contributed by atoms with E-state index in [1.165, 1.54) is 6.07 Å². The molecule has 0 radical (unpaired) electrons. The normalized spacial score (nSPS) is 13.0. The van der Waals surface area contributed by atoms with Gasteiger partial charge in [-0.15, -0.1) is 0 Å². The van der Waals surface area contributed by atoms with E-state index in [2.05, 4.69) is 20.7 Å². The molecule has 6 heteroatoms. The van der Waals surface area contributed by atoms with Crippen LogP contribution in [0.3, 0.4) is 0 Å². The van der Waals surface area contributed by atoms with Crippen molar-refractivity contribution in [2.45, 2.75) is 6.04 Å². The van der Waals surface area contributed by atoms with E-state index < -0.39 is 0 Å². The highest BCUT2D eigenvalue weighted by Crippen LogP contribution is 2.28. The van der Waals surface area contributed by atoms with E-state index in [9.17, 15) is 4.39 Å². The van der Waals surface area contributed by atoms with Gasteiger partial charge >= 0.3 is 0 Å². The van der Waals surface area contributed by atoms with Crippen LogP contribution in [0.1, 0.15) is 17.5 Å². The van der Waals surface area contributed by atoms with Crippen LogP contribution >= 0.6 is 0 Å². The average molecular weight is 246 g/mol. The van der Waals surface area contributed by atoms with Crippen molar-refractivity contribution in [3.05, 3.63) is 47.7 Å². The summed E-state index contributed by atoms with van der Waals surface area (Å²) in [7, 11) is 1.78. The average Bonchev–Trinajstić information content (AvgIpc) is 3.00. The lowest BCUT2D eigenvalue weighted by atomic mass is 10.1. The minimum atomic E-state index is -0.367. The molecule has 1 atom stereocenters. The fraction of sp³-hybridized carbons (Fsp3) is 0.167. The molecule has 1 aromatic carbocycles. The maximum absolute atomic E-state index is 13.6. The van der Waals surface area contributed by atoms with Crippen LogP contribution < -0.4 is 5.32 Å². The number of hydrogen-bond acceptors (Lipinski definition) is 4. The van der Waals surface area contributed by atoms with Gasteiger partial charge in [0.2, 0.25) is 0 Å². The van der Waals surface area contributed by atoms with Crippen LogP contribution in [0.25, 0.3) is 11.0 Å². The first-order chi connectivity index (χ1) is 8.79. The van der Waals surface area contributed by atoms with E-state index in [4.69, 9.17) is 4.42 Å². The number of benzene rings is 1. The second-order valence-corrected chi connectivity index (χ2v) is 3.92. The lowest BCUT2D eigenvalue weighted by molar-refractivity contribution is 0.471. The van der Waals surface area contributed by atoms with Crippen LogP contribution in [0, 0.1) is 5.82 Å². The van der Waals surface area contributed by atoms with E-state index in [0.717, 1.165) is 5.39 Å². The summed E-state index contributed by atoms with van der Waals surface area (Å²) in [5, 5.41) is 14.1. The van der Waals surface area contributed by atoms with E-state index in [1.54, 1.807) is 31.4 Å². The number of fused-ring (bicyclic) bond motifs is 1. The zero-order chi connectivity index (χ0) is 12.5. The summed E-state index contributed by atoms with van der Waals surface area (Å²) in [6.45, 7) is 0. The van der Waals surface area contributed by atoms with Crippen molar-refractivity contribution < 1.29 is 8.81 Å². The van der Waals surface area contributed by atoms with Gasteiger partial charge in [0.05, 0.1) is 6.20 Å². The van der Waals surface area contributed by atoms with E-state index in [0.29, 0.717) is 11.5 Å². The number of aromatic nitrogens is 3. The number of halogens is 1. The van der Waals surface area contributed by atoms with Crippen LogP contribution in [0.5, 0.6) is 0 Å². The number of nitrogens with zero attached hydrogens (tertiary/aromatic N) is 2. The minimum Gasteiger partial charge on any atom is -0.456 e. The van der Waals surface area contributed by atoms with Gasteiger partial charge in [-0.25, -0.2) is 4.39 Å². The fourth-order valence-electron chi connectivity index (χ4n) is 1.98. The summed E-state index contributed by atoms with van der Waals surface area (Å²) >= 11 is 0. The number of rotatable bonds is 3. The molecular formula is C12H11FN4O. The van der Waals surface area contributed by atoms with Crippen LogP contribution in [-0.4, -0.2) is 22.5 Å². The fourth-order valence-corrected chi connectivity index (χ4v) is 1.98. The minimum absolute atomic E-state index is 0.254. The van der Waals surface area contributed by atoms with Gasteiger partial charge in [-0.05, 0) is 19.2 Å². The Hall–Kier alpha value is -2.21. The molecule has 92 valence electrons. The number of nitrogens with one attached hydrogen (secondary N) is 2. The molecule has 2 N–H and O–H groups in total. The first-order valence-corrected chi connectivity index (χ1v) is 5.50. The Kier molecular flexibility index (Phi) is 2.56. The smallest absolute Gasteiger partial charge is 0.169 e. The molecule has 3 rings (SSSR count). The molecule has 0 saturated heterocycles. The topological polar surface area (TPSA) is 66.7 Å². The molecule has 2 aromatic heterocycles. The molecule has 0 fully saturated rings. The second kappa shape index (κ2) is 4.23. The Morgan fingerprint density at radius 3 is 3.00 bits per heavy atom. The van der Waals surface area contributed by atoms with Crippen molar-refractivity contribution in [3.63, 3.8) is 0 Å². The van der Waals surface area contributed by atoms with Crippen molar-refractivity contribution in [3.8, 4) is 0 Å². The summed E-state index contributed by atoms with van der Waals surface area (Å²) in [5.74, 6) is 0.236. The molecule has 0 aliphatic carbocycles. The predicted octanol–water partition coefficient (Wildman–Crippen LogP) is 2.00. The Labute approximate surface area is 102 Å². The van der Waals surface area contributed by atoms with Crippen molar-refractivity contribution in [1.29, 1.82) is 0 Å². The summed E-state index contributed by atoms with van der Waals surface area (Å²) in [6, 6.07) is 6.38. The standard InChI is InChI=1S/C12H11FN4O/c1-14-11(9-6-15-17-16-9)10-5-7-3-2-4-8(13)12(7)18-10/h2-6,11,14H,1H3,(H,15,16,17). The Morgan fingerprint density at radius 2 is 2.33 bits per heavy atom. The third-order valence-corrected chi connectivity index (χ3v) is 2.82. The first kappa shape index (κ1) is 10.9. The van der Waals surface area contributed by atoms with Crippen molar-refractivity contribution in [2.24, 2.45) is 0 Å². The summed E-state index contributed by atoms with van der Waals surface area (Å²) in [5.41, 5.74) is 0.952. The highest BCUT2D eigenvalue weighted by Gasteiger charge is 2.20. The highest BCUT2D eigenvalue weighted by atomic mass is 19.1. The first-order valence-electron chi connectivity index (χ1n) is 5.50. The lowest BCUT2D eigenvalue weighted by Crippen LogP contribution is -2.17. The van der Waals surface area contributed by atoms with Gasteiger partial charge in [0.25, 0.3) is 0 Å². The van der Waals surface area contributed by atoms with Crippen molar-refractivity contribution >= 4 is 11.0 Å². The van der Waals surface area contributed by atoms with Crippen molar-refractivity contribution in [1.82, 2.24) is 20.7 Å². The van der Waals surface area contributed by atoms with Gasteiger partial charge in [0.15, 0.2) is 11.4 Å². The third kappa shape index (κ3) is 1.67. The monoisotopic (exact) mass is 246 g/mol. The van der Waals surface area contributed by atoms with E-state index >= 15 is 0 Å². The third-order valence-electron chi connectivity index (χ3n) is 2.82. The van der Waals surface area contributed by atoms with Crippen molar-refractivity contribution in [2.75, 3.05) is 7.05 Å². The van der Waals surface area contributed by atoms with Gasteiger partial charge in [-0.2, -0.15) is 15.4 Å². The Balaban J connectivity index is 2.11. The van der Waals surface area contributed by atoms with Gasteiger partial charge in [-0.3, -0.25) is 0 Å². The number of hydrogen-bond donors (Lipinski definition) is 2. The second-order valence-electron chi connectivity index (χ2n) is 3.92. The molecule has 0 aliphatic heterocycles. The largest absolute Gasteiger partial charge is 0.456 e. The Morgan fingerprint density at radius 1 is 1.44 bits per heavy atom. The van der Waals surface area contributed by atoms with Crippen LogP contribution in [0.2, 0.25) is 0 Å². The zero-order valence-corrected chi connectivity index (χ0v) is 9.64. The molecule has 1 unspecified atom stereocenters. The molecule has 0 spiro atoms. The zero-order valence-electron chi connectivity index (χ0n) is 9.64. The molecule has 5 nitrogen and oxygen atoms in total. The summed E-state index contributed by atoms with van der Waals surface area (Å²) in [4.78, 5) is 0. The molecule has 3 aromatic rings.